The monoisotopic (exact) mass is 256 g/mol. The summed E-state index contributed by atoms with van der Waals surface area (Å²) >= 11 is 5.10. The second-order valence-corrected chi connectivity index (χ2v) is 6.29. The van der Waals surface area contributed by atoms with Crippen molar-refractivity contribution >= 4 is 23.1 Å². The number of amides is 1. The highest BCUT2D eigenvalue weighted by atomic mass is 32.1. The number of hydrogen-bond acceptors (Lipinski definition) is 2. The molecule has 0 atom stereocenters. The molecule has 0 aromatic heterocycles. The molecule has 0 bridgehead atoms. The topological polar surface area (TPSA) is 55.1 Å². The van der Waals surface area contributed by atoms with Crippen molar-refractivity contribution in [2.24, 2.45) is 16.6 Å². The van der Waals surface area contributed by atoms with E-state index >= 15 is 0 Å². The number of carbonyl (C=O) groups excluding carboxylic acids is 1. The molecule has 0 saturated heterocycles. The van der Waals surface area contributed by atoms with Gasteiger partial charge in [-0.25, -0.2) is 0 Å². The largest absolute Gasteiger partial charge is 0.392 e. The first kappa shape index (κ1) is 14.4. The molecule has 1 saturated carbocycles. The van der Waals surface area contributed by atoms with Gasteiger partial charge in [0.15, 0.2) is 0 Å². The molecule has 0 heterocycles. The summed E-state index contributed by atoms with van der Waals surface area (Å²) < 4.78 is 0. The van der Waals surface area contributed by atoms with Gasteiger partial charge in [0.05, 0.1) is 10.4 Å². The Kier molecular flexibility index (Phi) is 4.53. The van der Waals surface area contributed by atoms with Crippen LogP contribution in [0.5, 0.6) is 0 Å². The van der Waals surface area contributed by atoms with Gasteiger partial charge in [0.25, 0.3) is 0 Å². The van der Waals surface area contributed by atoms with Crippen LogP contribution in [0.3, 0.4) is 0 Å². The average Bonchev–Trinajstić information content (AvgIpc) is 2.76. The van der Waals surface area contributed by atoms with Crippen LogP contribution in [0.1, 0.15) is 52.9 Å². The van der Waals surface area contributed by atoms with Crippen molar-refractivity contribution in [2.45, 2.75) is 52.9 Å². The van der Waals surface area contributed by atoms with Gasteiger partial charge >= 0.3 is 0 Å². The number of nitrogens with one attached hydrogen (secondary N) is 1. The quantitative estimate of drug-likeness (QED) is 0.743. The van der Waals surface area contributed by atoms with E-state index in [-0.39, 0.29) is 11.3 Å². The van der Waals surface area contributed by atoms with Gasteiger partial charge in [0, 0.05) is 6.54 Å². The fourth-order valence-corrected chi connectivity index (χ4v) is 2.47. The van der Waals surface area contributed by atoms with Crippen LogP contribution in [0.25, 0.3) is 0 Å². The van der Waals surface area contributed by atoms with Gasteiger partial charge in [-0.05, 0) is 24.7 Å². The zero-order chi connectivity index (χ0) is 13.1. The van der Waals surface area contributed by atoms with Crippen LogP contribution < -0.4 is 11.1 Å². The maximum atomic E-state index is 12.3. The molecule has 1 rings (SSSR count). The fourth-order valence-electron chi connectivity index (χ4n) is 2.18. The number of carbonyl (C=O) groups is 1. The second kappa shape index (κ2) is 5.34. The van der Waals surface area contributed by atoms with Gasteiger partial charge in [-0.15, -0.1) is 0 Å². The molecule has 1 fully saturated rings. The summed E-state index contributed by atoms with van der Waals surface area (Å²) in [6, 6.07) is 0. The molecule has 1 amide bonds. The minimum atomic E-state index is -0.570. The van der Waals surface area contributed by atoms with E-state index in [1.165, 1.54) is 0 Å². The molecular formula is C13H24N2OS. The van der Waals surface area contributed by atoms with Gasteiger partial charge < -0.3 is 11.1 Å². The van der Waals surface area contributed by atoms with E-state index in [0.29, 0.717) is 11.5 Å². The number of rotatable bonds is 5. The third-order valence-electron chi connectivity index (χ3n) is 4.05. The molecule has 1 aliphatic rings. The highest BCUT2D eigenvalue weighted by Crippen LogP contribution is 2.38. The summed E-state index contributed by atoms with van der Waals surface area (Å²) in [7, 11) is 0. The predicted molar refractivity (Wildman–Crippen MR) is 74.8 cm³/mol. The van der Waals surface area contributed by atoms with Crippen molar-refractivity contribution in [1.82, 2.24) is 5.32 Å². The van der Waals surface area contributed by atoms with Crippen LogP contribution in [0.2, 0.25) is 0 Å². The van der Waals surface area contributed by atoms with E-state index < -0.39 is 5.41 Å². The van der Waals surface area contributed by atoms with E-state index in [4.69, 9.17) is 18.0 Å². The van der Waals surface area contributed by atoms with Crippen LogP contribution in [0, 0.1) is 10.8 Å². The van der Waals surface area contributed by atoms with Gasteiger partial charge in [-0.3, -0.25) is 4.79 Å². The van der Waals surface area contributed by atoms with E-state index in [2.05, 4.69) is 26.1 Å². The maximum absolute atomic E-state index is 12.3. The Morgan fingerprint density at radius 1 is 1.41 bits per heavy atom. The Balaban J connectivity index is 2.65. The molecule has 0 spiro atoms. The predicted octanol–water partition coefficient (Wildman–Crippen LogP) is 2.39. The maximum Gasteiger partial charge on any atom is 0.233 e. The van der Waals surface area contributed by atoms with Crippen molar-refractivity contribution in [3.8, 4) is 0 Å². The van der Waals surface area contributed by atoms with Crippen LogP contribution in [-0.4, -0.2) is 17.4 Å². The van der Waals surface area contributed by atoms with E-state index in [1.807, 2.05) is 0 Å². The van der Waals surface area contributed by atoms with E-state index in [0.717, 1.165) is 32.1 Å². The van der Waals surface area contributed by atoms with Crippen LogP contribution in [-0.2, 0) is 4.79 Å². The molecule has 0 aliphatic heterocycles. The summed E-state index contributed by atoms with van der Waals surface area (Å²) in [5.41, 5.74) is 5.34. The first-order chi connectivity index (χ1) is 7.84. The Morgan fingerprint density at radius 3 is 2.35 bits per heavy atom. The Bertz CT molecular complexity index is 307. The smallest absolute Gasteiger partial charge is 0.233 e. The molecule has 0 radical (unpaired) electrons. The van der Waals surface area contributed by atoms with Crippen molar-refractivity contribution in [2.75, 3.05) is 6.54 Å². The molecule has 17 heavy (non-hydrogen) atoms. The molecular weight excluding hydrogens is 232 g/mol. The molecule has 0 aromatic carbocycles. The molecule has 1 aliphatic carbocycles. The van der Waals surface area contributed by atoms with Crippen molar-refractivity contribution in [3.63, 3.8) is 0 Å². The first-order valence-electron chi connectivity index (χ1n) is 6.42. The summed E-state index contributed by atoms with van der Waals surface area (Å²) in [6.07, 6.45) is 4.73. The molecule has 98 valence electrons. The lowest BCUT2D eigenvalue weighted by molar-refractivity contribution is -0.127. The van der Waals surface area contributed by atoms with Crippen LogP contribution >= 0.6 is 12.2 Å². The lowest BCUT2D eigenvalue weighted by atomic mass is 9.84. The van der Waals surface area contributed by atoms with Gasteiger partial charge in [0.2, 0.25) is 5.91 Å². The van der Waals surface area contributed by atoms with Gasteiger partial charge in [-0.1, -0.05) is 45.8 Å². The standard InChI is InChI=1S/C13H24N2OS/c1-4-12(2,3)9-15-11(16)13(10(14)17)7-5-6-8-13/h4-9H2,1-3H3,(H2,14,17)(H,15,16). The lowest BCUT2D eigenvalue weighted by Crippen LogP contribution is -2.49. The van der Waals surface area contributed by atoms with E-state index in [1.54, 1.807) is 0 Å². The fraction of sp³-hybridized carbons (Fsp3) is 0.846. The molecule has 3 N–H and O–H groups in total. The molecule has 0 aromatic rings. The van der Waals surface area contributed by atoms with Crippen molar-refractivity contribution in [1.29, 1.82) is 0 Å². The van der Waals surface area contributed by atoms with Crippen molar-refractivity contribution < 1.29 is 4.79 Å². The summed E-state index contributed by atoms with van der Waals surface area (Å²) in [4.78, 5) is 12.7. The molecule has 0 unspecified atom stereocenters. The SMILES string of the molecule is CCC(C)(C)CNC(=O)C1(C(N)=S)CCCC1. The highest BCUT2D eigenvalue weighted by Gasteiger charge is 2.44. The average molecular weight is 256 g/mol. The van der Waals surface area contributed by atoms with Gasteiger partial charge in [0.1, 0.15) is 0 Å². The number of hydrogen-bond donors (Lipinski definition) is 2. The third kappa shape index (κ3) is 3.18. The molecule has 3 nitrogen and oxygen atoms in total. The van der Waals surface area contributed by atoms with Crippen LogP contribution in [0.15, 0.2) is 0 Å². The Hall–Kier alpha value is -0.640. The Labute approximate surface area is 110 Å². The third-order valence-corrected chi connectivity index (χ3v) is 4.44. The Morgan fingerprint density at radius 2 is 1.94 bits per heavy atom. The minimum absolute atomic E-state index is 0.0315. The number of thiocarbonyl (C=S) groups is 1. The second-order valence-electron chi connectivity index (χ2n) is 5.85. The highest BCUT2D eigenvalue weighted by molar-refractivity contribution is 7.80. The lowest BCUT2D eigenvalue weighted by Gasteiger charge is -2.29. The summed E-state index contributed by atoms with van der Waals surface area (Å²) in [5, 5.41) is 3.03. The summed E-state index contributed by atoms with van der Waals surface area (Å²) in [5.74, 6) is 0.0315. The van der Waals surface area contributed by atoms with Crippen molar-refractivity contribution in [3.05, 3.63) is 0 Å². The van der Waals surface area contributed by atoms with Crippen LogP contribution in [0.4, 0.5) is 0 Å². The normalized spacial score (nSPS) is 19.0. The first-order valence-corrected chi connectivity index (χ1v) is 6.83. The zero-order valence-corrected chi connectivity index (χ0v) is 12.0. The summed E-state index contributed by atoms with van der Waals surface area (Å²) in [6.45, 7) is 7.11. The molecule has 4 heteroatoms. The van der Waals surface area contributed by atoms with Gasteiger partial charge in [-0.2, -0.15) is 0 Å². The minimum Gasteiger partial charge on any atom is -0.392 e. The number of nitrogens with two attached hydrogens (primary N) is 1. The van der Waals surface area contributed by atoms with E-state index in [9.17, 15) is 4.79 Å². The zero-order valence-electron chi connectivity index (χ0n) is 11.1.